The number of aliphatic hydroxyl groups excluding tert-OH is 5. The van der Waals surface area contributed by atoms with Crippen molar-refractivity contribution in [1.82, 2.24) is 5.32 Å². The molecular weight excluding hydrogens is 895 g/mol. The molecule has 7 unspecified atom stereocenters. The van der Waals surface area contributed by atoms with Crippen LogP contribution < -0.4 is 5.32 Å². The lowest BCUT2D eigenvalue weighted by Gasteiger charge is -2.40. The van der Waals surface area contributed by atoms with E-state index in [-0.39, 0.29) is 18.5 Å². The van der Waals surface area contributed by atoms with E-state index in [1.165, 1.54) is 141 Å². The van der Waals surface area contributed by atoms with Crippen molar-refractivity contribution in [2.75, 3.05) is 19.8 Å². The molecule has 7 atom stereocenters. The molecule has 0 spiro atoms. The van der Waals surface area contributed by atoms with Gasteiger partial charge < -0.3 is 45.1 Å². The summed E-state index contributed by atoms with van der Waals surface area (Å²) in [5, 5.41) is 54.3. The summed E-state index contributed by atoms with van der Waals surface area (Å²) in [7, 11) is 0. The van der Waals surface area contributed by atoms with Gasteiger partial charge in [-0.2, -0.15) is 0 Å². The van der Waals surface area contributed by atoms with Crippen molar-refractivity contribution in [3.05, 3.63) is 48.6 Å². The van der Waals surface area contributed by atoms with Crippen molar-refractivity contribution in [2.24, 2.45) is 0 Å². The summed E-state index contributed by atoms with van der Waals surface area (Å²) in [5.74, 6) is -0.232. The van der Waals surface area contributed by atoms with Gasteiger partial charge in [0.05, 0.1) is 32.0 Å². The van der Waals surface area contributed by atoms with E-state index in [2.05, 4.69) is 55.6 Å². The van der Waals surface area contributed by atoms with Crippen molar-refractivity contribution < 1.29 is 49.3 Å². The molecule has 0 radical (unpaired) electrons. The molecule has 1 heterocycles. The number of rotatable bonds is 50. The highest BCUT2D eigenvalue weighted by atomic mass is 16.7. The van der Waals surface area contributed by atoms with Gasteiger partial charge in [0.1, 0.15) is 24.4 Å². The first kappa shape index (κ1) is 66.6. The van der Waals surface area contributed by atoms with Crippen molar-refractivity contribution in [3.63, 3.8) is 0 Å². The van der Waals surface area contributed by atoms with Crippen molar-refractivity contribution in [1.29, 1.82) is 0 Å². The van der Waals surface area contributed by atoms with Crippen LogP contribution in [0.15, 0.2) is 48.6 Å². The summed E-state index contributed by atoms with van der Waals surface area (Å²) >= 11 is 0. The van der Waals surface area contributed by atoms with Gasteiger partial charge in [-0.1, -0.05) is 217 Å². The van der Waals surface area contributed by atoms with Gasteiger partial charge in [0.2, 0.25) is 5.91 Å². The van der Waals surface area contributed by atoms with Gasteiger partial charge >= 0.3 is 5.97 Å². The summed E-state index contributed by atoms with van der Waals surface area (Å²) in [6, 6.07) is -0.835. The van der Waals surface area contributed by atoms with E-state index >= 15 is 0 Å². The molecule has 11 nitrogen and oxygen atoms in total. The molecule has 1 aliphatic heterocycles. The Hall–Kier alpha value is -2.38. The van der Waals surface area contributed by atoms with Crippen LogP contribution in [0.5, 0.6) is 0 Å². The molecule has 414 valence electrons. The van der Waals surface area contributed by atoms with E-state index in [9.17, 15) is 35.1 Å². The number of carbonyl (C=O) groups is 2. The summed E-state index contributed by atoms with van der Waals surface area (Å²) in [5.41, 5.74) is 0. The maximum atomic E-state index is 13.0. The number of amides is 1. The average Bonchev–Trinajstić information content (AvgIpc) is 3.37. The Kier molecular flexibility index (Phi) is 46.7. The van der Waals surface area contributed by atoms with Crippen LogP contribution in [0.25, 0.3) is 0 Å². The molecule has 1 aliphatic rings. The highest BCUT2D eigenvalue weighted by Crippen LogP contribution is 2.23. The molecule has 0 aliphatic carbocycles. The third-order valence-electron chi connectivity index (χ3n) is 13.7. The minimum absolute atomic E-state index is 0.0296. The number of allylic oxidation sites excluding steroid dienone is 7. The smallest absolute Gasteiger partial charge is 0.305 e. The monoisotopic (exact) mass is 1000 g/mol. The Bertz CT molecular complexity index is 1320. The first-order chi connectivity index (χ1) is 34.7. The zero-order chi connectivity index (χ0) is 51.7. The normalized spacial score (nSPS) is 19.5. The van der Waals surface area contributed by atoms with Crippen LogP contribution in [-0.4, -0.2) is 100 Å². The number of nitrogens with one attached hydrogen (secondary N) is 1. The minimum Gasteiger partial charge on any atom is -0.466 e. The Balaban J connectivity index is 2.14. The Labute approximate surface area is 434 Å². The molecule has 1 amide bonds. The lowest BCUT2D eigenvalue weighted by atomic mass is 9.99. The number of hydrogen-bond acceptors (Lipinski definition) is 10. The van der Waals surface area contributed by atoms with E-state index in [1.807, 2.05) is 6.08 Å². The number of unbranched alkanes of at least 4 members (excludes halogenated alkanes) is 31. The van der Waals surface area contributed by atoms with Crippen LogP contribution in [0.1, 0.15) is 258 Å². The SMILES string of the molecule is CCCCCCCCC/C=C/CC/C=C/C(O)C(COC1OC(CO)C(O)C(O)C1O)NC(=O)CCCCCCCCCCCC/C=C\C=C/CCCCCOC(=O)CCCCCCCCCCCCC. The molecule has 0 aromatic carbocycles. The maximum absolute atomic E-state index is 13.0. The Morgan fingerprint density at radius 1 is 0.521 bits per heavy atom. The number of esters is 1. The fourth-order valence-electron chi connectivity index (χ4n) is 8.97. The third kappa shape index (κ3) is 39.7. The van der Waals surface area contributed by atoms with Crippen molar-refractivity contribution in [2.45, 2.75) is 301 Å². The van der Waals surface area contributed by atoms with Crippen LogP contribution in [0, 0.1) is 0 Å². The topological polar surface area (TPSA) is 175 Å². The van der Waals surface area contributed by atoms with Crippen LogP contribution in [-0.2, 0) is 23.8 Å². The predicted molar refractivity (Wildman–Crippen MR) is 292 cm³/mol. The lowest BCUT2D eigenvalue weighted by molar-refractivity contribution is -0.302. The highest BCUT2D eigenvalue weighted by Gasteiger charge is 2.44. The van der Waals surface area contributed by atoms with Crippen LogP contribution >= 0.6 is 0 Å². The van der Waals surface area contributed by atoms with E-state index in [4.69, 9.17) is 14.2 Å². The number of ether oxygens (including phenoxy) is 3. The second kappa shape index (κ2) is 49.8. The summed E-state index contributed by atoms with van der Waals surface area (Å²) in [6.07, 6.45) is 52.0. The van der Waals surface area contributed by atoms with Crippen LogP contribution in [0.3, 0.4) is 0 Å². The van der Waals surface area contributed by atoms with Crippen LogP contribution in [0.4, 0.5) is 0 Å². The van der Waals surface area contributed by atoms with Crippen molar-refractivity contribution >= 4 is 11.9 Å². The zero-order valence-electron chi connectivity index (χ0n) is 45.4. The van der Waals surface area contributed by atoms with Gasteiger partial charge in [0, 0.05) is 12.8 Å². The van der Waals surface area contributed by atoms with Crippen LogP contribution in [0.2, 0.25) is 0 Å². The average molecular weight is 1000 g/mol. The molecule has 71 heavy (non-hydrogen) atoms. The van der Waals surface area contributed by atoms with E-state index < -0.39 is 49.5 Å². The molecule has 0 saturated carbocycles. The van der Waals surface area contributed by atoms with Gasteiger partial charge in [-0.3, -0.25) is 9.59 Å². The first-order valence-electron chi connectivity index (χ1n) is 29.4. The van der Waals surface area contributed by atoms with Gasteiger partial charge in [-0.25, -0.2) is 0 Å². The standard InChI is InChI=1S/C60H109NO10/c1-3-5-7-9-11-13-15-23-27-30-34-38-42-46-53(63)52(51-70-60-59(68)58(67)57(66)54(50-62)71-60)61-55(64)47-43-39-35-31-28-24-21-19-17-16-18-20-22-25-29-33-37-41-45-49-69-56(65)48-44-40-36-32-26-14-12-10-8-6-4-2/h20,22,25,27,29-30,42,46,52-54,57-60,62-63,66-68H,3-19,21,23-24,26,28,31-41,43-45,47-51H2,1-2H3,(H,61,64)/b22-20-,29-25-,30-27+,46-42+. The lowest BCUT2D eigenvalue weighted by Crippen LogP contribution is -2.60. The maximum Gasteiger partial charge on any atom is 0.305 e. The zero-order valence-corrected chi connectivity index (χ0v) is 45.4. The van der Waals surface area contributed by atoms with E-state index in [1.54, 1.807) is 6.08 Å². The predicted octanol–water partition coefficient (Wildman–Crippen LogP) is 13.3. The molecular formula is C60H109NO10. The van der Waals surface area contributed by atoms with E-state index in [0.29, 0.717) is 19.4 Å². The van der Waals surface area contributed by atoms with Gasteiger partial charge in [-0.05, 0) is 77.0 Å². The molecule has 1 saturated heterocycles. The molecule has 0 aromatic rings. The number of aliphatic hydroxyl groups is 5. The third-order valence-corrected chi connectivity index (χ3v) is 13.7. The fourth-order valence-corrected chi connectivity index (χ4v) is 8.97. The van der Waals surface area contributed by atoms with E-state index in [0.717, 1.165) is 89.9 Å². The molecule has 1 rings (SSSR count). The molecule has 1 fully saturated rings. The minimum atomic E-state index is -1.58. The summed E-state index contributed by atoms with van der Waals surface area (Å²) < 4.78 is 16.7. The summed E-state index contributed by atoms with van der Waals surface area (Å²) in [6.45, 7) is 4.26. The second-order valence-corrected chi connectivity index (χ2v) is 20.4. The van der Waals surface area contributed by atoms with Gasteiger partial charge in [0.25, 0.3) is 0 Å². The molecule has 6 N–H and O–H groups in total. The van der Waals surface area contributed by atoms with Gasteiger partial charge in [0.15, 0.2) is 6.29 Å². The largest absolute Gasteiger partial charge is 0.466 e. The Morgan fingerprint density at radius 3 is 1.48 bits per heavy atom. The number of hydrogen-bond donors (Lipinski definition) is 6. The van der Waals surface area contributed by atoms with Gasteiger partial charge in [-0.15, -0.1) is 0 Å². The molecule has 0 bridgehead atoms. The molecule has 11 heteroatoms. The fraction of sp³-hybridized carbons (Fsp3) is 0.833. The highest BCUT2D eigenvalue weighted by molar-refractivity contribution is 5.76. The first-order valence-corrected chi connectivity index (χ1v) is 29.4. The second-order valence-electron chi connectivity index (χ2n) is 20.4. The number of carbonyl (C=O) groups excluding carboxylic acids is 2. The Morgan fingerprint density at radius 2 is 0.958 bits per heavy atom. The quantitative estimate of drug-likeness (QED) is 0.0149. The molecule has 0 aromatic heterocycles. The summed E-state index contributed by atoms with van der Waals surface area (Å²) in [4.78, 5) is 25.0. The van der Waals surface area contributed by atoms with Crippen molar-refractivity contribution in [3.8, 4) is 0 Å².